The summed E-state index contributed by atoms with van der Waals surface area (Å²) >= 11 is 5.71. The van der Waals surface area contributed by atoms with Gasteiger partial charge >= 0.3 is 0 Å². The maximum Gasteiger partial charge on any atom is 0.276 e. The van der Waals surface area contributed by atoms with Crippen molar-refractivity contribution in [1.29, 1.82) is 0 Å². The summed E-state index contributed by atoms with van der Waals surface area (Å²) in [7, 11) is 3.13. The molecule has 7 nitrogen and oxygen atoms in total. The Hall–Kier alpha value is -1.44. The Morgan fingerprint density at radius 1 is 1.67 bits per heavy atom. The summed E-state index contributed by atoms with van der Waals surface area (Å²) in [4.78, 5) is 15.7. The van der Waals surface area contributed by atoms with Gasteiger partial charge in [0.15, 0.2) is 0 Å². The lowest BCUT2D eigenvalue weighted by molar-refractivity contribution is -0.384. The second-order valence-corrected chi connectivity index (χ2v) is 4.14. The monoisotopic (exact) mass is 275 g/mol. The van der Waals surface area contributed by atoms with E-state index in [1.807, 2.05) is 0 Å². The van der Waals surface area contributed by atoms with Crippen LogP contribution in [0.4, 0.5) is 11.5 Å². The molecule has 1 N–H and O–H groups in total. The molecule has 0 bridgehead atoms. The highest BCUT2D eigenvalue weighted by atomic mass is 35.5. The lowest BCUT2D eigenvalue weighted by Crippen LogP contribution is -2.32. The minimum atomic E-state index is -0.708. The summed E-state index contributed by atoms with van der Waals surface area (Å²) in [5.74, 6) is 0.323. The first-order valence-electron chi connectivity index (χ1n) is 5.14. The lowest BCUT2D eigenvalue weighted by atomic mass is 10.3. The Morgan fingerprint density at radius 2 is 2.33 bits per heavy atom. The molecule has 0 spiro atoms. The molecule has 0 saturated heterocycles. The zero-order chi connectivity index (χ0) is 13.7. The van der Waals surface area contributed by atoms with Gasteiger partial charge in [-0.3, -0.25) is 10.1 Å². The van der Waals surface area contributed by atoms with Crippen LogP contribution in [0.15, 0.2) is 12.1 Å². The number of nitrogens with zero attached hydrogens (tertiary/aromatic N) is 3. The molecule has 1 aromatic rings. The van der Waals surface area contributed by atoms with Gasteiger partial charge in [0.2, 0.25) is 0 Å². The van der Waals surface area contributed by atoms with Gasteiger partial charge in [-0.05, 0) is 0 Å². The molecule has 0 aliphatic rings. The number of halogens is 1. The second kappa shape index (κ2) is 6.48. The van der Waals surface area contributed by atoms with E-state index in [0.29, 0.717) is 5.82 Å². The molecule has 0 saturated carbocycles. The van der Waals surface area contributed by atoms with Gasteiger partial charge < -0.3 is 14.7 Å². The van der Waals surface area contributed by atoms with E-state index in [-0.39, 0.29) is 24.0 Å². The largest absolute Gasteiger partial charge is 0.389 e. The van der Waals surface area contributed by atoms with Crippen molar-refractivity contribution in [1.82, 2.24) is 4.98 Å². The van der Waals surface area contributed by atoms with Crippen molar-refractivity contribution in [2.45, 2.75) is 6.10 Å². The maximum absolute atomic E-state index is 10.7. The average molecular weight is 276 g/mol. The molecule has 0 aromatic carbocycles. The molecule has 8 heteroatoms. The Morgan fingerprint density at radius 3 is 2.89 bits per heavy atom. The van der Waals surface area contributed by atoms with Gasteiger partial charge in [-0.25, -0.2) is 4.98 Å². The number of rotatable bonds is 6. The number of nitro groups is 1. The van der Waals surface area contributed by atoms with Gasteiger partial charge in [-0.2, -0.15) is 0 Å². The van der Waals surface area contributed by atoms with E-state index in [2.05, 4.69) is 4.98 Å². The fourth-order valence-corrected chi connectivity index (χ4v) is 1.62. The smallest absolute Gasteiger partial charge is 0.276 e. The van der Waals surface area contributed by atoms with Crippen LogP contribution in [0.1, 0.15) is 0 Å². The van der Waals surface area contributed by atoms with E-state index in [9.17, 15) is 15.2 Å². The molecule has 1 heterocycles. The van der Waals surface area contributed by atoms with Gasteiger partial charge in [-0.15, -0.1) is 0 Å². The molecule has 1 unspecified atom stereocenters. The Balaban J connectivity index is 2.85. The van der Waals surface area contributed by atoms with Crippen LogP contribution in [0.25, 0.3) is 0 Å². The molecular weight excluding hydrogens is 262 g/mol. The molecule has 18 heavy (non-hydrogen) atoms. The number of aliphatic hydroxyl groups is 1. The molecule has 100 valence electrons. The predicted molar refractivity (Wildman–Crippen MR) is 67.1 cm³/mol. The maximum atomic E-state index is 10.7. The van der Waals surface area contributed by atoms with E-state index in [4.69, 9.17) is 16.3 Å². The molecule has 0 aliphatic carbocycles. The molecule has 0 fully saturated rings. The molecule has 1 atom stereocenters. The summed E-state index contributed by atoms with van der Waals surface area (Å²) in [6, 6.07) is 2.47. The summed E-state index contributed by atoms with van der Waals surface area (Å²) in [5, 5.41) is 20.3. The minimum absolute atomic E-state index is 0.0345. The fraction of sp³-hybridized carbons (Fsp3) is 0.500. The molecule has 0 radical (unpaired) electrons. The number of pyridine rings is 1. The van der Waals surface area contributed by atoms with Crippen LogP contribution >= 0.6 is 11.6 Å². The van der Waals surface area contributed by atoms with Gasteiger partial charge in [0.25, 0.3) is 5.69 Å². The van der Waals surface area contributed by atoms with Crippen LogP contribution in [-0.2, 0) is 4.74 Å². The lowest BCUT2D eigenvalue weighted by Gasteiger charge is -2.21. The summed E-state index contributed by atoms with van der Waals surface area (Å²) in [6.45, 7) is 0.408. The SMILES string of the molecule is COCC(O)CN(C)c1cc([N+](=O)[O-])cc(Cl)n1. The van der Waals surface area contributed by atoms with E-state index in [1.165, 1.54) is 19.2 Å². The van der Waals surface area contributed by atoms with Gasteiger partial charge in [0.1, 0.15) is 11.0 Å². The van der Waals surface area contributed by atoms with E-state index >= 15 is 0 Å². The normalized spacial score (nSPS) is 12.2. The second-order valence-electron chi connectivity index (χ2n) is 3.75. The third-order valence-corrected chi connectivity index (χ3v) is 2.40. The van der Waals surface area contributed by atoms with Crippen LogP contribution in [0.2, 0.25) is 5.15 Å². The number of anilines is 1. The standard InChI is InChI=1S/C10H14ClN3O4/c1-13(5-8(15)6-18-2)10-4-7(14(16)17)3-9(11)12-10/h3-4,8,15H,5-6H2,1-2H3. The van der Waals surface area contributed by atoms with Crippen molar-refractivity contribution in [3.8, 4) is 0 Å². The average Bonchev–Trinajstić information content (AvgIpc) is 2.28. The van der Waals surface area contributed by atoms with E-state index < -0.39 is 11.0 Å². The first-order valence-corrected chi connectivity index (χ1v) is 5.52. The van der Waals surface area contributed by atoms with Crippen LogP contribution < -0.4 is 4.90 Å². The Kier molecular flexibility index (Phi) is 5.26. The van der Waals surface area contributed by atoms with Crippen molar-refractivity contribution in [2.24, 2.45) is 0 Å². The highest BCUT2D eigenvalue weighted by Crippen LogP contribution is 2.22. The minimum Gasteiger partial charge on any atom is -0.389 e. The quantitative estimate of drug-likeness (QED) is 0.475. The van der Waals surface area contributed by atoms with Gasteiger partial charge in [0.05, 0.1) is 29.8 Å². The van der Waals surface area contributed by atoms with Gasteiger partial charge in [0, 0.05) is 20.7 Å². The number of methoxy groups -OCH3 is 1. The van der Waals surface area contributed by atoms with E-state index in [1.54, 1.807) is 11.9 Å². The zero-order valence-electron chi connectivity index (χ0n) is 10.0. The Bertz CT molecular complexity index is 430. The highest BCUT2D eigenvalue weighted by molar-refractivity contribution is 6.29. The fourth-order valence-electron chi connectivity index (χ4n) is 1.43. The molecule has 0 amide bonds. The predicted octanol–water partition coefficient (Wildman–Crippen LogP) is 1.09. The van der Waals surface area contributed by atoms with E-state index in [0.717, 1.165) is 0 Å². The number of aliphatic hydroxyl groups excluding tert-OH is 1. The first kappa shape index (κ1) is 14.6. The van der Waals surface area contributed by atoms with Crippen molar-refractivity contribution in [3.63, 3.8) is 0 Å². The van der Waals surface area contributed by atoms with Crippen LogP contribution in [0.3, 0.4) is 0 Å². The van der Waals surface area contributed by atoms with Crippen molar-refractivity contribution in [2.75, 3.05) is 32.2 Å². The first-order chi connectivity index (χ1) is 8.43. The van der Waals surface area contributed by atoms with Gasteiger partial charge in [-0.1, -0.05) is 11.6 Å². The zero-order valence-corrected chi connectivity index (χ0v) is 10.8. The third-order valence-electron chi connectivity index (χ3n) is 2.21. The number of likely N-dealkylation sites (N-methyl/N-ethyl adjacent to an activating group) is 1. The van der Waals surface area contributed by atoms with Crippen LogP contribution in [0, 0.1) is 10.1 Å². The molecule has 0 aliphatic heterocycles. The topological polar surface area (TPSA) is 88.7 Å². The molecular formula is C10H14ClN3O4. The number of aromatic nitrogens is 1. The van der Waals surface area contributed by atoms with Crippen molar-refractivity contribution >= 4 is 23.1 Å². The highest BCUT2D eigenvalue weighted by Gasteiger charge is 2.15. The van der Waals surface area contributed by atoms with Crippen molar-refractivity contribution < 1.29 is 14.8 Å². The van der Waals surface area contributed by atoms with Crippen LogP contribution in [0.5, 0.6) is 0 Å². The number of ether oxygens (including phenoxy) is 1. The summed E-state index contributed by atoms with van der Waals surface area (Å²) in [5.41, 5.74) is -0.141. The third kappa shape index (κ3) is 4.10. The van der Waals surface area contributed by atoms with Crippen LogP contribution in [-0.4, -0.2) is 48.4 Å². The molecule has 1 aromatic heterocycles. The van der Waals surface area contributed by atoms with Crippen molar-refractivity contribution in [3.05, 3.63) is 27.4 Å². The number of hydrogen-bond donors (Lipinski definition) is 1. The summed E-state index contributed by atoms with van der Waals surface area (Å²) in [6.07, 6.45) is -0.708. The molecule has 1 rings (SSSR count). The summed E-state index contributed by atoms with van der Waals surface area (Å²) < 4.78 is 4.79. The number of hydrogen-bond acceptors (Lipinski definition) is 6. The Labute approximate surface area is 109 Å².